The molecule has 1 aromatic heterocycles. The van der Waals surface area contributed by atoms with E-state index in [4.69, 9.17) is 0 Å². The fourth-order valence-corrected chi connectivity index (χ4v) is 2.84. The normalized spacial score (nSPS) is 23.3. The number of ketones is 1. The molecule has 0 radical (unpaired) electrons. The van der Waals surface area contributed by atoms with Crippen molar-refractivity contribution in [2.24, 2.45) is 0 Å². The summed E-state index contributed by atoms with van der Waals surface area (Å²) in [5.74, 6) is 0.401. The number of hydrogen-bond donors (Lipinski definition) is 0. The van der Waals surface area contributed by atoms with Crippen LogP contribution in [0.4, 0.5) is 0 Å². The number of hydrogen-bond acceptors (Lipinski definition) is 3. The van der Waals surface area contributed by atoms with Crippen LogP contribution >= 0.6 is 11.3 Å². The second-order valence-corrected chi connectivity index (χ2v) is 5.30. The van der Waals surface area contributed by atoms with Gasteiger partial charge in [0.25, 0.3) is 0 Å². The minimum atomic E-state index is 0.132. The van der Waals surface area contributed by atoms with Crippen molar-refractivity contribution in [1.82, 2.24) is 4.90 Å². The van der Waals surface area contributed by atoms with Crippen LogP contribution in [0.2, 0.25) is 0 Å². The Morgan fingerprint density at radius 3 is 2.86 bits per heavy atom. The zero-order valence-electron chi connectivity index (χ0n) is 8.62. The maximum absolute atomic E-state index is 11.6. The van der Waals surface area contributed by atoms with Crippen LogP contribution in [0.15, 0.2) is 12.1 Å². The van der Waals surface area contributed by atoms with E-state index >= 15 is 0 Å². The molecule has 1 fully saturated rings. The topological polar surface area (TPSA) is 20.3 Å². The number of likely N-dealkylation sites (N-methyl/N-ethyl adjacent to an activating group) is 1. The highest BCUT2D eigenvalue weighted by atomic mass is 32.1. The van der Waals surface area contributed by atoms with Gasteiger partial charge in [-0.1, -0.05) is 0 Å². The van der Waals surface area contributed by atoms with Crippen molar-refractivity contribution >= 4 is 17.1 Å². The minimum Gasteiger partial charge on any atom is -0.298 e. The first kappa shape index (κ1) is 9.87. The first-order valence-electron chi connectivity index (χ1n) is 4.95. The standard InChI is InChI=1S/C11H15NOS/c1-8-3-4-9(14-8)7-10-11(13)5-6-12(10)2/h3-4,10H,5-7H2,1-2H3. The highest BCUT2D eigenvalue weighted by molar-refractivity contribution is 7.11. The van der Waals surface area contributed by atoms with Crippen molar-refractivity contribution in [3.63, 3.8) is 0 Å². The molecule has 1 aliphatic heterocycles. The van der Waals surface area contributed by atoms with Gasteiger partial charge >= 0.3 is 0 Å². The number of Topliss-reactive ketones (excluding diaryl/α,β-unsaturated/α-hetero) is 1. The van der Waals surface area contributed by atoms with Crippen LogP contribution in [-0.2, 0) is 11.2 Å². The van der Waals surface area contributed by atoms with Gasteiger partial charge in [-0.05, 0) is 26.1 Å². The Bertz CT molecular complexity index is 345. The van der Waals surface area contributed by atoms with E-state index < -0.39 is 0 Å². The van der Waals surface area contributed by atoms with Crippen LogP contribution in [0.5, 0.6) is 0 Å². The third kappa shape index (κ3) is 1.88. The SMILES string of the molecule is Cc1ccc(CC2C(=O)CCN2C)s1. The van der Waals surface area contributed by atoms with Gasteiger partial charge in [-0.15, -0.1) is 11.3 Å². The van der Waals surface area contributed by atoms with Crippen LogP contribution in [0.25, 0.3) is 0 Å². The Labute approximate surface area is 88.5 Å². The molecule has 0 aliphatic carbocycles. The van der Waals surface area contributed by atoms with Gasteiger partial charge in [-0.25, -0.2) is 0 Å². The highest BCUT2D eigenvalue weighted by Gasteiger charge is 2.29. The van der Waals surface area contributed by atoms with Crippen LogP contribution in [0.1, 0.15) is 16.2 Å². The zero-order valence-corrected chi connectivity index (χ0v) is 9.43. The van der Waals surface area contributed by atoms with E-state index in [0.29, 0.717) is 5.78 Å². The molecule has 1 atom stereocenters. The molecule has 0 aromatic carbocycles. The van der Waals surface area contributed by atoms with E-state index in [0.717, 1.165) is 19.4 Å². The molecule has 0 spiro atoms. The predicted molar refractivity (Wildman–Crippen MR) is 58.8 cm³/mol. The maximum Gasteiger partial charge on any atom is 0.151 e. The molecule has 2 nitrogen and oxygen atoms in total. The quantitative estimate of drug-likeness (QED) is 0.741. The minimum absolute atomic E-state index is 0.132. The molecule has 14 heavy (non-hydrogen) atoms. The number of carbonyl (C=O) groups excluding carboxylic acids is 1. The fraction of sp³-hybridized carbons (Fsp3) is 0.545. The molecule has 0 amide bonds. The molecule has 2 rings (SSSR count). The molecule has 1 unspecified atom stereocenters. The Balaban J connectivity index is 2.06. The van der Waals surface area contributed by atoms with E-state index in [1.165, 1.54) is 9.75 Å². The van der Waals surface area contributed by atoms with E-state index in [9.17, 15) is 4.79 Å². The highest BCUT2D eigenvalue weighted by Crippen LogP contribution is 2.21. The predicted octanol–water partition coefficient (Wildman–Crippen LogP) is 1.87. The number of thiophene rings is 1. The second kappa shape index (κ2) is 3.83. The van der Waals surface area contributed by atoms with Gasteiger partial charge in [-0.2, -0.15) is 0 Å². The van der Waals surface area contributed by atoms with Crippen LogP contribution in [0.3, 0.4) is 0 Å². The van der Waals surface area contributed by atoms with Crippen molar-refractivity contribution in [3.8, 4) is 0 Å². The smallest absolute Gasteiger partial charge is 0.151 e. The lowest BCUT2D eigenvalue weighted by molar-refractivity contribution is -0.119. The Hall–Kier alpha value is -0.670. The average molecular weight is 209 g/mol. The van der Waals surface area contributed by atoms with Gasteiger partial charge in [0.1, 0.15) is 0 Å². The number of rotatable bonds is 2. The summed E-state index contributed by atoms with van der Waals surface area (Å²) in [5, 5.41) is 0. The summed E-state index contributed by atoms with van der Waals surface area (Å²) in [5.41, 5.74) is 0. The van der Waals surface area contributed by atoms with Crippen molar-refractivity contribution < 1.29 is 4.79 Å². The maximum atomic E-state index is 11.6. The third-order valence-corrected chi connectivity index (χ3v) is 3.83. The number of carbonyl (C=O) groups is 1. The van der Waals surface area contributed by atoms with Gasteiger partial charge in [0, 0.05) is 29.1 Å². The molecule has 2 heterocycles. The van der Waals surface area contributed by atoms with Crippen LogP contribution < -0.4 is 0 Å². The first-order valence-corrected chi connectivity index (χ1v) is 5.77. The number of nitrogens with zero attached hydrogens (tertiary/aromatic N) is 1. The molecule has 3 heteroatoms. The van der Waals surface area contributed by atoms with Gasteiger partial charge in [-0.3, -0.25) is 9.69 Å². The zero-order chi connectivity index (χ0) is 10.1. The Morgan fingerprint density at radius 2 is 2.36 bits per heavy atom. The van der Waals surface area contributed by atoms with E-state index in [-0.39, 0.29) is 6.04 Å². The van der Waals surface area contributed by atoms with Gasteiger partial charge in [0.2, 0.25) is 0 Å². The number of aryl methyl sites for hydroxylation is 1. The van der Waals surface area contributed by atoms with Crippen molar-refractivity contribution in [2.75, 3.05) is 13.6 Å². The Kier molecular flexibility index (Phi) is 2.70. The summed E-state index contributed by atoms with van der Waals surface area (Å²) in [6.07, 6.45) is 1.62. The second-order valence-electron chi connectivity index (χ2n) is 3.93. The molecule has 1 aromatic rings. The van der Waals surface area contributed by atoms with Crippen molar-refractivity contribution in [1.29, 1.82) is 0 Å². The lowest BCUT2D eigenvalue weighted by Gasteiger charge is -2.16. The summed E-state index contributed by atoms with van der Waals surface area (Å²) in [6, 6.07) is 4.40. The monoisotopic (exact) mass is 209 g/mol. The average Bonchev–Trinajstić information content (AvgIpc) is 2.67. The lowest BCUT2D eigenvalue weighted by Crippen LogP contribution is -2.31. The largest absolute Gasteiger partial charge is 0.298 e. The molecule has 1 saturated heterocycles. The van der Waals surface area contributed by atoms with E-state index in [1.54, 1.807) is 11.3 Å². The number of likely N-dealkylation sites (tertiary alicyclic amines) is 1. The van der Waals surface area contributed by atoms with Gasteiger partial charge in [0.05, 0.1) is 6.04 Å². The van der Waals surface area contributed by atoms with Crippen molar-refractivity contribution in [3.05, 3.63) is 21.9 Å². The van der Waals surface area contributed by atoms with Crippen LogP contribution in [-0.4, -0.2) is 30.3 Å². The van der Waals surface area contributed by atoms with E-state index in [1.807, 2.05) is 7.05 Å². The fourth-order valence-electron chi connectivity index (χ4n) is 1.91. The first-order chi connectivity index (χ1) is 6.66. The third-order valence-electron chi connectivity index (χ3n) is 2.81. The summed E-state index contributed by atoms with van der Waals surface area (Å²) in [4.78, 5) is 16.4. The van der Waals surface area contributed by atoms with Crippen molar-refractivity contribution in [2.45, 2.75) is 25.8 Å². The molecule has 0 bridgehead atoms. The lowest BCUT2D eigenvalue weighted by atomic mass is 10.1. The molecule has 0 N–H and O–H groups in total. The summed E-state index contributed by atoms with van der Waals surface area (Å²) in [6.45, 7) is 3.03. The molecule has 76 valence electrons. The molecular formula is C11H15NOS. The Morgan fingerprint density at radius 1 is 1.57 bits per heavy atom. The van der Waals surface area contributed by atoms with Gasteiger partial charge in [0.15, 0.2) is 5.78 Å². The molecular weight excluding hydrogens is 194 g/mol. The molecule has 0 saturated carbocycles. The van der Waals surface area contributed by atoms with Crippen LogP contribution in [0, 0.1) is 6.92 Å². The van der Waals surface area contributed by atoms with Gasteiger partial charge < -0.3 is 0 Å². The summed E-state index contributed by atoms with van der Waals surface area (Å²) in [7, 11) is 2.04. The summed E-state index contributed by atoms with van der Waals surface area (Å²) >= 11 is 1.80. The summed E-state index contributed by atoms with van der Waals surface area (Å²) < 4.78 is 0. The molecule has 1 aliphatic rings. The van der Waals surface area contributed by atoms with E-state index in [2.05, 4.69) is 24.0 Å².